The van der Waals surface area contributed by atoms with Gasteiger partial charge in [0.15, 0.2) is 16.8 Å². The molecule has 0 fully saturated rings. The highest BCUT2D eigenvalue weighted by Gasteiger charge is 2.20. The van der Waals surface area contributed by atoms with Crippen molar-refractivity contribution in [1.29, 1.82) is 0 Å². The summed E-state index contributed by atoms with van der Waals surface area (Å²) in [6.07, 6.45) is 0. The molecule has 0 saturated carbocycles. The van der Waals surface area contributed by atoms with Crippen LogP contribution in [0.4, 0.5) is 0 Å². The van der Waals surface area contributed by atoms with E-state index in [1.54, 1.807) is 24.3 Å². The number of halogens is 2. The second-order valence-corrected chi connectivity index (χ2v) is 8.41. The average molecular weight is 454 g/mol. The maximum Gasteiger partial charge on any atom is 0.196 e. The second kappa shape index (κ2) is 9.04. The van der Waals surface area contributed by atoms with Gasteiger partial charge in [0.05, 0.1) is 16.5 Å². The topological polar surface area (TPSA) is 47.8 Å². The fraction of sp³-hybridized carbons (Fsp3) is 0.0870. The van der Waals surface area contributed by atoms with Crippen LogP contribution in [0.2, 0.25) is 10.0 Å². The highest BCUT2D eigenvalue weighted by atomic mass is 35.5. The first kappa shape index (κ1) is 20.7. The molecule has 4 rings (SSSR count). The second-order valence-electron chi connectivity index (χ2n) is 6.63. The maximum atomic E-state index is 12.6. The predicted octanol–water partition coefficient (Wildman–Crippen LogP) is 6.52. The van der Waals surface area contributed by atoms with E-state index in [1.165, 1.54) is 11.8 Å². The van der Waals surface area contributed by atoms with E-state index in [1.807, 2.05) is 60.0 Å². The standard InChI is InChI=1S/C23H17Cl2N3OS/c1-15-6-2-5-9-20(15)28-22(18-7-3-4-8-19(18)25)26-27-23(28)30-14-21(29)16-10-12-17(24)13-11-16/h2-13H,14H2,1H3. The van der Waals surface area contributed by atoms with E-state index in [0.717, 1.165) is 16.8 Å². The van der Waals surface area contributed by atoms with Crippen LogP contribution in [-0.2, 0) is 0 Å². The van der Waals surface area contributed by atoms with Gasteiger partial charge in [0.1, 0.15) is 0 Å². The Morgan fingerprint density at radius 1 is 0.933 bits per heavy atom. The van der Waals surface area contributed by atoms with Crippen molar-refractivity contribution in [2.24, 2.45) is 0 Å². The van der Waals surface area contributed by atoms with Gasteiger partial charge in [-0.2, -0.15) is 0 Å². The van der Waals surface area contributed by atoms with E-state index in [-0.39, 0.29) is 11.5 Å². The Labute approximate surface area is 188 Å². The number of carbonyl (C=O) groups excluding carboxylic acids is 1. The lowest BCUT2D eigenvalue weighted by molar-refractivity contribution is 0.102. The third-order valence-electron chi connectivity index (χ3n) is 4.60. The van der Waals surface area contributed by atoms with Gasteiger partial charge in [0.2, 0.25) is 0 Å². The molecular weight excluding hydrogens is 437 g/mol. The molecule has 150 valence electrons. The lowest BCUT2D eigenvalue weighted by Gasteiger charge is -2.13. The summed E-state index contributed by atoms with van der Waals surface area (Å²) in [6, 6.07) is 22.4. The molecule has 4 aromatic rings. The third kappa shape index (κ3) is 4.29. The number of rotatable bonds is 6. The number of benzene rings is 3. The van der Waals surface area contributed by atoms with Gasteiger partial charge >= 0.3 is 0 Å². The number of Topliss-reactive ketones (excluding diaryl/α,β-unsaturated/α-hetero) is 1. The molecule has 0 aliphatic carbocycles. The first-order valence-corrected chi connectivity index (χ1v) is 11.0. The minimum atomic E-state index is -0.00436. The zero-order valence-electron chi connectivity index (χ0n) is 16.0. The largest absolute Gasteiger partial charge is 0.293 e. The monoisotopic (exact) mass is 453 g/mol. The van der Waals surface area contributed by atoms with Crippen molar-refractivity contribution in [2.75, 3.05) is 5.75 Å². The number of thioether (sulfide) groups is 1. The van der Waals surface area contributed by atoms with Gasteiger partial charge in [-0.1, -0.05) is 65.3 Å². The molecule has 0 aliphatic rings. The van der Waals surface area contributed by atoms with Crippen molar-refractivity contribution >= 4 is 40.7 Å². The van der Waals surface area contributed by atoms with Crippen molar-refractivity contribution in [3.8, 4) is 17.1 Å². The molecule has 7 heteroatoms. The Hall–Kier alpha value is -2.60. The van der Waals surface area contributed by atoms with E-state index in [9.17, 15) is 4.79 Å². The molecule has 0 atom stereocenters. The van der Waals surface area contributed by atoms with Crippen molar-refractivity contribution in [3.63, 3.8) is 0 Å². The molecule has 4 nitrogen and oxygen atoms in total. The Morgan fingerprint density at radius 3 is 2.37 bits per heavy atom. The molecule has 0 N–H and O–H groups in total. The zero-order valence-corrected chi connectivity index (χ0v) is 18.4. The van der Waals surface area contributed by atoms with Crippen LogP contribution in [-0.4, -0.2) is 26.3 Å². The summed E-state index contributed by atoms with van der Waals surface area (Å²) < 4.78 is 1.95. The number of nitrogens with zero attached hydrogens (tertiary/aromatic N) is 3. The molecule has 0 radical (unpaired) electrons. The van der Waals surface area contributed by atoms with Crippen LogP contribution in [0.1, 0.15) is 15.9 Å². The third-order valence-corrected chi connectivity index (χ3v) is 6.11. The lowest BCUT2D eigenvalue weighted by Crippen LogP contribution is -2.06. The smallest absolute Gasteiger partial charge is 0.196 e. The van der Waals surface area contributed by atoms with Gasteiger partial charge in [0, 0.05) is 16.1 Å². The molecule has 0 unspecified atom stereocenters. The summed E-state index contributed by atoms with van der Waals surface area (Å²) in [7, 11) is 0. The molecule has 0 bridgehead atoms. The average Bonchev–Trinajstić information content (AvgIpc) is 3.16. The number of ketones is 1. The molecule has 0 saturated heterocycles. The fourth-order valence-corrected chi connectivity index (χ4v) is 4.25. The van der Waals surface area contributed by atoms with Gasteiger partial charge < -0.3 is 0 Å². The normalized spacial score (nSPS) is 10.9. The number of hydrogen-bond donors (Lipinski definition) is 0. The number of aromatic nitrogens is 3. The quantitative estimate of drug-likeness (QED) is 0.246. The van der Waals surface area contributed by atoms with Crippen LogP contribution in [0.5, 0.6) is 0 Å². The summed E-state index contributed by atoms with van der Waals surface area (Å²) in [6.45, 7) is 2.03. The molecule has 30 heavy (non-hydrogen) atoms. The van der Waals surface area contributed by atoms with E-state index in [4.69, 9.17) is 23.2 Å². The SMILES string of the molecule is Cc1ccccc1-n1c(SCC(=O)c2ccc(Cl)cc2)nnc1-c1ccccc1Cl. The summed E-state index contributed by atoms with van der Waals surface area (Å²) in [4.78, 5) is 12.6. The van der Waals surface area contributed by atoms with Crippen molar-refractivity contribution in [3.05, 3.63) is 94.0 Å². The van der Waals surface area contributed by atoms with Gasteiger partial charge in [-0.15, -0.1) is 10.2 Å². The van der Waals surface area contributed by atoms with Crippen LogP contribution >= 0.6 is 35.0 Å². The summed E-state index contributed by atoms with van der Waals surface area (Å²) in [5.41, 5.74) is 3.40. The van der Waals surface area contributed by atoms with Crippen LogP contribution < -0.4 is 0 Å². The Balaban J connectivity index is 1.71. The molecule has 3 aromatic carbocycles. The Kier molecular flexibility index (Phi) is 6.23. The lowest BCUT2D eigenvalue weighted by atomic mass is 10.1. The fourth-order valence-electron chi connectivity index (χ4n) is 3.06. The summed E-state index contributed by atoms with van der Waals surface area (Å²) in [5, 5.41) is 10.6. The Morgan fingerprint density at radius 2 is 1.63 bits per heavy atom. The molecule has 0 amide bonds. The first-order chi connectivity index (χ1) is 14.5. The van der Waals surface area contributed by atoms with Crippen molar-refractivity contribution in [2.45, 2.75) is 12.1 Å². The minimum absolute atomic E-state index is 0.00436. The van der Waals surface area contributed by atoms with Gasteiger partial charge in [-0.25, -0.2) is 0 Å². The van der Waals surface area contributed by atoms with Gasteiger partial charge in [0.25, 0.3) is 0 Å². The van der Waals surface area contributed by atoms with E-state index >= 15 is 0 Å². The van der Waals surface area contributed by atoms with E-state index in [2.05, 4.69) is 10.2 Å². The maximum absolute atomic E-state index is 12.6. The number of aryl methyl sites for hydroxylation is 1. The van der Waals surface area contributed by atoms with Crippen molar-refractivity contribution in [1.82, 2.24) is 14.8 Å². The van der Waals surface area contributed by atoms with E-state index < -0.39 is 0 Å². The minimum Gasteiger partial charge on any atom is -0.293 e. The molecule has 1 heterocycles. The highest BCUT2D eigenvalue weighted by Crippen LogP contribution is 2.33. The number of para-hydroxylation sites is 1. The summed E-state index contributed by atoms with van der Waals surface area (Å²) >= 11 is 13.7. The van der Waals surface area contributed by atoms with Crippen LogP contribution in [0.25, 0.3) is 17.1 Å². The highest BCUT2D eigenvalue weighted by molar-refractivity contribution is 7.99. The molecule has 1 aromatic heterocycles. The molecule has 0 spiro atoms. The number of carbonyl (C=O) groups is 1. The Bertz CT molecular complexity index is 1210. The van der Waals surface area contributed by atoms with E-state index in [0.29, 0.717) is 26.6 Å². The zero-order chi connectivity index (χ0) is 21.1. The van der Waals surface area contributed by atoms with Gasteiger partial charge in [-0.3, -0.25) is 9.36 Å². The van der Waals surface area contributed by atoms with Crippen LogP contribution in [0.15, 0.2) is 78.0 Å². The predicted molar refractivity (Wildman–Crippen MR) is 123 cm³/mol. The van der Waals surface area contributed by atoms with Gasteiger partial charge in [-0.05, 0) is 55.0 Å². The summed E-state index contributed by atoms with van der Waals surface area (Å²) in [5.74, 6) is 0.861. The van der Waals surface area contributed by atoms with Crippen LogP contribution in [0, 0.1) is 6.92 Å². The first-order valence-electron chi connectivity index (χ1n) is 9.22. The molecular formula is C23H17Cl2N3OS. The molecule has 0 aliphatic heterocycles. The van der Waals surface area contributed by atoms with Crippen LogP contribution in [0.3, 0.4) is 0 Å². The number of hydrogen-bond acceptors (Lipinski definition) is 4. The van der Waals surface area contributed by atoms with Crippen molar-refractivity contribution < 1.29 is 4.79 Å².